The van der Waals surface area contributed by atoms with Crippen LogP contribution in [0.1, 0.15) is 19.4 Å². The van der Waals surface area contributed by atoms with Crippen LogP contribution in [-0.4, -0.2) is 25.2 Å². The first-order chi connectivity index (χ1) is 14.1. The van der Waals surface area contributed by atoms with E-state index in [0.29, 0.717) is 12.5 Å². The van der Waals surface area contributed by atoms with Crippen molar-refractivity contribution < 1.29 is 4.79 Å². The molecule has 4 rings (SSSR count). The molecule has 1 aromatic carbocycles. The number of anilines is 1. The molecule has 0 saturated carbocycles. The smallest absolute Gasteiger partial charge is 0.319 e. The van der Waals surface area contributed by atoms with Gasteiger partial charge in [-0.25, -0.2) is 9.78 Å². The van der Waals surface area contributed by atoms with Crippen LogP contribution in [0.2, 0.25) is 0 Å². The molecule has 0 spiro atoms. The van der Waals surface area contributed by atoms with Gasteiger partial charge in [0.2, 0.25) is 0 Å². The molecule has 0 radical (unpaired) electrons. The fraction of sp³-hybridized carbons (Fsp3) is 0.227. The van der Waals surface area contributed by atoms with Gasteiger partial charge in [-0.05, 0) is 35.2 Å². The van der Waals surface area contributed by atoms with Gasteiger partial charge in [-0.15, -0.1) is 0 Å². The maximum absolute atomic E-state index is 12.2. The summed E-state index contributed by atoms with van der Waals surface area (Å²) in [6, 6.07) is 11.4. The summed E-state index contributed by atoms with van der Waals surface area (Å²) in [7, 11) is 0. The lowest BCUT2D eigenvalue weighted by Crippen LogP contribution is -2.28. The lowest BCUT2D eigenvalue weighted by Gasteiger charge is -2.09. The number of hydrogen-bond acceptors (Lipinski definition) is 3. The number of pyridine rings is 1. The molecule has 3 aromatic heterocycles. The summed E-state index contributed by atoms with van der Waals surface area (Å²) in [4.78, 5) is 16.4. The van der Waals surface area contributed by atoms with Gasteiger partial charge in [0.05, 0.1) is 6.20 Å². The highest BCUT2D eigenvalue weighted by Crippen LogP contribution is 2.21. The largest absolute Gasteiger partial charge is 0.334 e. The average Bonchev–Trinajstić information content (AvgIpc) is 3.35. The highest BCUT2D eigenvalue weighted by atomic mass is 16.2. The third kappa shape index (κ3) is 4.63. The second-order valence-corrected chi connectivity index (χ2v) is 7.46. The molecule has 0 aliphatic rings. The third-order valence-electron chi connectivity index (χ3n) is 4.56. The van der Waals surface area contributed by atoms with E-state index in [-0.39, 0.29) is 6.03 Å². The van der Waals surface area contributed by atoms with E-state index >= 15 is 0 Å². The van der Waals surface area contributed by atoms with Gasteiger partial charge in [-0.3, -0.25) is 4.68 Å². The number of carbonyl (C=O) groups is 1. The van der Waals surface area contributed by atoms with Crippen molar-refractivity contribution in [1.29, 1.82) is 0 Å². The first-order valence-corrected chi connectivity index (χ1v) is 9.66. The molecule has 0 bridgehead atoms. The zero-order valence-corrected chi connectivity index (χ0v) is 16.5. The number of benzene rings is 1. The second kappa shape index (κ2) is 8.18. The van der Waals surface area contributed by atoms with Crippen molar-refractivity contribution in [2.45, 2.75) is 26.9 Å². The predicted octanol–water partition coefficient (Wildman–Crippen LogP) is 4.18. The monoisotopic (exact) mass is 388 g/mol. The van der Waals surface area contributed by atoms with Crippen molar-refractivity contribution in [3.05, 3.63) is 72.9 Å². The van der Waals surface area contributed by atoms with Crippen LogP contribution in [0.25, 0.3) is 16.8 Å². The van der Waals surface area contributed by atoms with E-state index in [2.05, 4.69) is 34.6 Å². The fourth-order valence-corrected chi connectivity index (χ4v) is 3.16. The van der Waals surface area contributed by atoms with Gasteiger partial charge in [0, 0.05) is 49.1 Å². The molecule has 7 heteroatoms. The number of nitrogens with one attached hydrogen (secondary N) is 2. The molecule has 7 nitrogen and oxygen atoms in total. The molecule has 2 amide bonds. The van der Waals surface area contributed by atoms with Crippen LogP contribution in [0.3, 0.4) is 0 Å². The lowest BCUT2D eigenvalue weighted by molar-refractivity contribution is 0.251. The maximum Gasteiger partial charge on any atom is 0.319 e. The van der Waals surface area contributed by atoms with Crippen molar-refractivity contribution in [3.8, 4) is 11.1 Å². The number of aromatic nitrogens is 4. The Kier molecular flexibility index (Phi) is 5.29. The van der Waals surface area contributed by atoms with Crippen molar-refractivity contribution in [2.24, 2.45) is 5.92 Å². The Morgan fingerprint density at radius 3 is 2.69 bits per heavy atom. The Morgan fingerprint density at radius 1 is 1.07 bits per heavy atom. The molecule has 0 saturated heterocycles. The SMILES string of the molecule is CC(C)Cn1cc(-c2ccc(NC(=O)NCc3ccc4nccn4c3)cc2)cn1. The van der Waals surface area contributed by atoms with Gasteiger partial charge in [0.25, 0.3) is 0 Å². The molecule has 0 atom stereocenters. The highest BCUT2D eigenvalue weighted by Gasteiger charge is 2.06. The molecular weight excluding hydrogens is 364 g/mol. The molecule has 3 heterocycles. The average molecular weight is 388 g/mol. The number of fused-ring (bicyclic) bond motifs is 1. The molecule has 0 aliphatic heterocycles. The summed E-state index contributed by atoms with van der Waals surface area (Å²) >= 11 is 0. The molecule has 0 fully saturated rings. The van der Waals surface area contributed by atoms with Crippen LogP contribution in [-0.2, 0) is 13.1 Å². The van der Waals surface area contributed by atoms with E-state index in [9.17, 15) is 4.79 Å². The number of nitrogens with zero attached hydrogens (tertiary/aromatic N) is 4. The number of rotatable bonds is 6. The normalized spacial score (nSPS) is 11.1. The first kappa shape index (κ1) is 18.7. The minimum atomic E-state index is -0.242. The van der Waals surface area contributed by atoms with E-state index in [4.69, 9.17) is 0 Å². The van der Waals surface area contributed by atoms with Crippen LogP contribution in [0, 0.1) is 5.92 Å². The summed E-state index contributed by atoms with van der Waals surface area (Å²) in [6.45, 7) is 5.67. The van der Waals surface area contributed by atoms with Crippen molar-refractivity contribution in [2.75, 3.05) is 5.32 Å². The van der Waals surface area contributed by atoms with Crippen LogP contribution in [0.4, 0.5) is 10.5 Å². The van der Waals surface area contributed by atoms with E-state index in [1.165, 1.54) is 0 Å². The number of amides is 2. The zero-order valence-electron chi connectivity index (χ0n) is 16.5. The van der Waals surface area contributed by atoms with Gasteiger partial charge in [0.15, 0.2) is 0 Å². The van der Waals surface area contributed by atoms with Gasteiger partial charge in [-0.1, -0.05) is 32.0 Å². The number of hydrogen-bond donors (Lipinski definition) is 2. The van der Waals surface area contributed by atoms with Crippen LogP contribution < -0.4 is 10.6 Å². The van der Waals surface area contributed by atoms with Crippen LogP contribution in [0.5, 0.6) is 0 Å². The Hall–Kier alpha value is -3.61. The predicted molar refractivity (Wildman–Crippen MR) is 114 cm³/mol. The first-order valence-electron chi connectivity index (χ1n) is 9.66. The molecule has 148 valence electrons. The van der Waals surface area contributed by atoms with Gasteiger partial charge >= 0.3 is 6.03 Å². The molecule has 2 N–H and O–H groups in total. The molecule has 29 heavy (non-hydrogen) atoms. The Morgan fingerprint density at radius 2 is 1.90 bits per heavy atom. The molecule has 0 aliphatic carbocycles. The summed E-state index contributed by atoms with van der Waals surface area (Å²) in [5.41, 5.74) is 4.76. The fourth-order valence-electron chi connectivity index (χ4n) is 3.16. The summed E-state index contributed by atoms with van der Waals surface area (Å²) in [5.74, 6) is 0.551. The maximum atomic E-state index is 12.2. The van der Waals surface area contributed by atoms with Gasteiger partial charge in [0.1, 0.15) is 5.65 Å². The minimum Gasteiger partial charge on any atom is -0.334 e. The van der Waals surface area contributed by atoms with Crippen LogP contribution in [0.15, 0.2) is 67.4 Å². The zero-order chi connectivity index (χ0) is 20.2. The van der Waals surface area contributed by atoms with E-state index in [1.54, 1.807) is 6.20 Å². The van der Waals surface area contributed by atoms with E-state index < -0.39 is 0 Å². The number of carbonyl (C=O) groups excluding carboxylic acids is 1. The molecule has 0 unspecified atom stereocenters. The standard InChI is InChI=1S/C22H24N6O/c1-16(2)13-28-15-19(12-25-28)18-4-6-20(7-5-18)26-22(29)24-11-17-3-8-21-23-9-10-27(21)14-17/h3-10,12,14-16H,11,13H2,1-2H3,(H2,24,26,29). The van der Waals surface area contributed by atoms with Crippen molar-refractivity contribution >= 4 is 17.4 Å². The Labute approximate surface area is 169 Å². The summed E-state index contributed by atoms with van der Waals surface area (Å²) < 4.78 is 3.89. The highest BCUT2D eigenvalue weighted by molar-refractivity contribution is 5.89. The summed E-state index contributed by atoms with van der Waals surface area (Å²) in [5, 5.41) is 10.1. The molecule has 4 aromatic rings. The minimum absolute atomic E-state index is 0.242. The number of urea groups is 1. The quantitative estimate of drug-likeness (QED) is 0.520. The third-order valence-corrected chi connectivity index (χ3v) is 4.56. The van der Waals surface area contributed by atoms with E-state index in [0.717, 1.165) is 34.6 Å². The van der Waals surface area contributed by atoms with Crippen LogP contribution >= 0.6 is 0 Å². The topological polar surface area (TPSA) is 76.2 Å². The van der Waals surface area contributed by atoms with Crippen molar-refractivity contribution in [3.63, 3.8) is 0 Å². The Balaban J connectivity index is 1.33. The van der Waals surface area contributed by atoms with Gasteiger partial charge in [-0.2, -0.15) is 5.10 Å². The lowest BCUT2D eigenvalue weighted by atomic mass is 10.1. The second-order valence-electron chi connectivity index (χ2n) is 7.46. The summed E-state index contributed by atoms with van der Waals surface area (Å²) in [6.07, 6.45) is 9.50. The van der Waals surface area contributed by atoms with E-state index in [1.807, 2.05) is 70.3 Å². The van der Waals surface area contributed by atoms with Crippen molar-refractivity contribution in [1.82, 2.24) is 24.5 Å². The number of imidazole rings is 1. The van der Waals surface area contributed by atoms with Gasteiger partial charge < -0.3 is 15.0 Å². The molecular formula is C22H24N6O. The Bertz CT molecular complexity index is 1110.